The largest absolute Gasteiger partial charge is 0.281 e. The van der Waals surface area contributed by atoms with Gasteiger partial charge in [0.05, 0.1) is 0 Å². The highest BCUT2D eigenvalue weighted by molar-refractivity contribution is 6.72. The van der Waals surface area contributed by atoms with E-state index < -0.39 is 10.5 Å². The maximum absolute atomic E-state index is 10.8. The summed E-state index contributed by atoms with van der Waals surface area (Å²) >= 11 is 21.1. The van der Waals surface area contributed by atoms with Crippen molar-refractivity contribution in [3.8, 4) is 0 Å². The van der Waals surface area contributed by atoms with E-state index in [2.05, 4.69) is 0 Å². The third-order valence-corrected chi connectivity index (χ3v) is 4.72. The molecule has 136 valence electrons. The summed E-state index contributed by atoms with van der Waals surface area (Å²) in [5, 5.41) is -2.08. The summed E-state index contributed by atoms with van der Waals surface area (Å²) in [6.07, 6.45) is 4.48. The van der Waals surface area contributed by atoms with Crippen LogP contribution in [0, 0.1) is 5.41 Å². The zero-order valence-electron chi connectivity index (χ0n) is 13.2. The van der Waals surface area contributed by atoms with Crippen molar-refractivity contribution in [1.82, 2.24) is 0 Å². The van der Waals surface area contributed by atoms with Crippen LogP contribution in [0.2, 0.25) is 0 Å². The van der Waals surface area contributed by atoms with E-state index in [4.69, 9.17) is 46.4 Å². The van der Waals surface area contributed by atoms with Crippen molar-refractivity contribution in [3.63, 3.8) is 0 Å². The quantitative estimate of drug-likeness (QED) is 0.579. The molecule has 0 radical (unpaired) electrons. The molecule has 0 amide bonds. The number of carbonyl (C=O) groups excluding carboxylic acids is 4. The summed E-state index contributed by atoms with van der Waals surface area (Å²) in [5.41, 5.74) is 0.0517. The molecule has 0 aromatic heterocycles. The number of carbonyl (C=O) groups is 4. The lowest BCUT2D eigenvalue weighted by Crippen LogP contribution is -2.21. The second-order valence-electron chi connectivity index (χ2n) is 5.86. The minimum absolute atomic E-state index is 0.138. The lowest BCUT2D eigenvalue weighted by molar-refractivity contribution is -0.116. The Morgan fingerprint density at radius 1 is 0.760 bits per heavy atom. The third kappa shape index (κ3) is 7.45. The number of halogens is 4. The monoisotopic (exact) mass is 424 g/mol. The van der Waals surface area contributed by atoms with Crippen LogP contribution in [0.15, 0.2) is 24.3 Å². The standard InChI is InChI=1S/C9H12Cl2O2.C8H4Cl2O2/c10-7(12)5-9(6-8(11)13)3-1-2-4-9;9-7(11)5-3-1-2-4-6(5)8(10)12/h1-6H2;1-4H. The van der Waals surface area contributed by atoms with Gasteiger partial charge in [0.2, 0.25) is 10.5 Å². The lowest BCUT2D eigenvalue weighted by atomic mass is 9.80. The fraction of sp³-hybridized carbons (Fsp3) is 0.412. The van der Waals surface area contributed by atoms with Crippen molar-refractivity contribution < 1.29 is 19.2 Å². The van der Waals surface area contributed by atoms with E-state index in [-0.39, 0.29) is 39.9 Å². The van der Waals surface area contributed by atoms with Gasteiger partial charge in [0.1, 0.15) is 0 Å². The van der Waals surface area contributed by atoms with E-state index in [1.54, 1.807) is 12.1 Å². The average molecular weight is 426 g/mol. The fourth-order valence-electron chi connectivity index (χ4n) is 2.96. The minimum Gasteiger partial charge on any atom is -0.281 e. The number of rotatable bonds is 6. The van der Waals surface area contributed by atoms with Crippen molar-refractivity contribution >= 4 is 67.4 Å². The Morgan fingerprint density at radius 3 is 1.40 bits per heavy atom. The van der Waals surface area contributed by atoms with Crippen LogP contribution in [0.5, 0.6) is 0 Å². The first kappa shape index (κ1) is 22.1. The SMILES string of the molecule is O=C(Cl)CC1(CC(=O)Cl)CCCC1.O=C(Cl)c1ccccc1C(=O)Cl. The highest BCUT2D eigenvalue weighted by Gasteiger charge is 2.36. The second-order valence-corrected chi connectivity index (χ2v) is 7.39. The Morgan fingerprint density at radius 2 is 1.12 bits per heavy atom. The predicted molar refractivity (Wildman–Crippen MR) is 98.7 cm³/mol. The molecule has 0 aliphatic heterocycles. The van der Waals surface area contributed by atoms with Crippen molar-refractivity contribution in [3.05, 3.63) is 35.4 Å². The van der Waals surface area contributed by atoms with Crippen molar-refractivity contribution in [2.24, 2.45) is 5.41 Å². The predicted octanol–water partition coefficient (Wildman–Crippen LogP) is 5.30. The first-order valence-electron chi connectivity index (χ1n) is 7.52. The van der Waals surface area contributed by atoms with E-state index in [9.17, 15) is 19.2 Å². The van der Waals surface area contributed by atoms with Crippen LogP contribution in [0.25, 0.3) is 0 Å². The zero-order chi connectivity index (χ0) is 19.0. The van der Waals surface area contributed by atoms with Crippen LogP contribution < -0.4 is 0 Å². The first-order chi connectivity index (χ1) is 11.7. The molecule has 1 aliphatic carbocycles. The summed E-state index contributed by atoms with van der Waals surface area (Å²) in [6, 6.07) is 6.12. The second kappa shape index (κ2) is 10.3. The Bertz CT molecular complexity index is 615. The molecule has 25 heavy (non-hydrogen) atoms. The van der Waals surface area contributed by atoms with Gasteiger partial charge in [-0.25, -0.2) is 0 Å². The molecule has 1 aromatic carbocycles. The van der Waals surface area contributed by atoms with E-state index in [0.717, 1.165) is 25.7 Å². The van der Waals surface area contributed by atoms with Crippen molar-refractivity contribution in [2.45, 2.75) is 38.5 Å². The Balaban J connectivity index is 0.000000251. The van der Waals surface area contributed by atoms with Gasteiger partial charge < -0.3 is 0 Å². The van der Waals surface area contributed by atoms with Crippen LogP contribution in [0.3, 0.4) is 0 Å². The minimum atomic E-state index is -0.681. The molecule has 0 heterocycles. The summed E-state index contributed by atoms with van der Waals surface area (Å²) in [4.78, 5) is 43.0. The molecule has 1 aromatic rings. The first-order valence-corrected chi connectivity index (χ1v) is 9.03. The maximum Gasteiger partial charge on any atom is 0.253 e. The van der Waals surface area contributed by atoms with Gasteiger partial charge in [0, 0.05) is 24.0 Å². The molecule has 0 spiro atoms. The van der Waals surface area contributed by atoms with E-state index in [1.807, 2.05) is 0 Å². The van der Waals surface area contributed by atoms with Crippen LogP contribution >= 0.6 is 46.4 Å². The van der Waals surface area contributed by atoms with Gasteiger partial charge in [0.15, 0.2) is 0 Å². The number of hydrogen-bond acceptors (Lipinski definition) is 4. The van der Waals surface area contributed by atoms with Crippen LogP contribution in [0.1, 0.15) is 59.2 Å². The molecule has 0 atom stereocenters. The van der Waals surface area contributed by atoms with E-state index in [1.165, 1.54) is 12.1 Å². The number of benzene rings is 1. The normalized spacial score (nSPS) is 15.0. The molecule has 0 unspecified atom stereocenters. The zero-order valence-corrected chi connectivity index (χ0v) is 16.2. The third-order valence-electron chi connectivity index (χ3n) is 4.04. The highest BCUT2D eigenvalue weighted by atomic mass is 35.5. The van der Waals surface area contributed by atoms with Gasteiger partial charge in [-0.1, -0.05) is 25.0 Å². The molecule has 0 saturated heterocycles. The fourth-order valence-corrected chi connectivity index (χ4v) is 3.85. The summed E-state index contributed by atoms with van der Waals surface area (Å²) in [7, 11) is 0. The van der Waals surface area contributed by atoms with Crippen LogP contribution in [-0.4, -0.2) is 21.0 Å². The smallest absolute Gasteiger partial charge is 0.253 e. The Kier molecular flexibility index (Phi) is 9.08. The van der Waals surface area contributed by atoms with E-state index >= 15 is 0 Å². The average Bonchev–Trinajstić information content (AvgIpc) is 2.94. The van der Waals surface area contributed by atoms with Crippen molar-refractivity contribution in [1.29, 1.82) is 0 Å². The molecular formula is C17H16Cl4O4. The Labute approximate surface area is 165 Å². The van der Waals surface area contributed by atoms with E-state index in [0.29, 0.717) is 0 Å². The Hall–Kier alpha value is -0.940. The summed E-state index contributed by atoms with van der Waals surface area (Å²) in [6.45, 7) is 0. The molecule has 0 bridgehead atoms. The molecule has 0 N–H and O–H groups in total. The summed E-state index contributed by atoms with van der Waals surface area (Å²) < 4.78 is 0. The van der Waals surface area contributed by atoms with Gasteiger partial charge in [-0.3, -0.25) is 19.2 Å². The van der Waals surface area contributed by atoms with Gasteiger partial charge in [-0.2, -0.15) is 0 Å². The van der Waals surface area contributed by atoms with Gasteiger partial charge in [-0.15, -0.1) is 0 Å². The highest BCUT2D eigenvalue weighted by Crippen LogP contribution is 2.44. The molecule has 4 nitrogen and oxygen atoms in total. The van der Waals surface area contributed by atoms with Gasteiger partial charge >= 0.3 is 0 Å². The molecule has 2 rings (SSSR count). The summed E-state index contributed by atoms with van der Waals surface area (Å²) in [5.74, 6) is 0. The van der Waals surface area contributed by atoms with Crippen molar-refractivity contribution in [2.75, 3.05) is 0 Å². The maximum atomic E-state index is 10.8. The molecular weight excluding hydrogens is 410 g/mol. The van der Waals surface area contributed by atoms with Crippen LogP contribution in [-0.2, 0) is 9.59 Å². The molecule has 8 heteroatoms. The van der Waals surface area contributed by atoms with Gasteiger partial charge in [-0.05, 0) is 76.8 Å². The molecule has 1 fully saturated rings. The molecule has 1 saturated carbocycles. The van der Waals surface area contributed by atoms with Crippen LogP contribution in [0.4, 0.5) is 0 Å². The van der Waals surface area contributed by atoms with Gasteiger partial charge in [0.25, 0.3) is 10.5 Å². The lowest BCUT2D eigenvalue weighted by Gasteiger charge is -2.24. The number of hydrogen-bond donors (Lipinski definition) is 0. The topological polar surface area (TPSA) is 68.3 Å². The molecule has 1 aliphatic rings.